The molecule has 0 aliphatic heterocycles. The van der Waals surface area contributed by atoms with Gasteiger partial charge in [-0.2, -0.15) is 5.10 Å². The van der Waals surface area contributed by atoms with Crippen molar-refractivity contribution < 1.29 is 27.8 Å². The fourth-order valence-corrected chi connectivity index (χ4v) is 4.38. The van der Waals surface area contributed by atoms with Crippen LogP contribution in [0, 0.1) is 11.6 Å². The van der Waals surface area contributed by atoms with E-state index in [2.05, 4.69) is 10.1 Å². The number of nitrogens with zero attached hydrogens (tertiary/aromatic N) is 3. The Bertz CT molecular complexity index is 1610. The number of aromatic hydroxyl groups is 1. The van der Waals surface area contributed by atoms with Crippen molar-refractivity contribution in [3.63, 3.8) is 0 Å². The molecular formula is C26H19F2N3O4S. The minimum absolute atomic E-state index is 0.0358. The Labute approximate surface area is 207 Å². The maximum absolute atomic E-state index is 14.3. The number of hydrogen-bond donors (Lipinski definition) is 1. The fraction of sp³-hybridized carbons (Fsp3) is 0.0769. The molecule has 2 aromatic heterocycles. The highest BCUT2D eigenvalue weighted by Crippen LogP contribution is 2.36. The zero-order valence-electron chi connectivity index (χ0n) is 19.1. The third-order valence-electron chi connectivity index (χ3n) is 5.31. The van der Waals surface area contributed by atoms with Crippen molar-refractivity contribution in [1.29, 1.82) is 0 Å². The number of fused-ring (bicyclic) bond motifs is 1. The molecule has 0 saturated heterocycles. The van der Waals surface area contributed by atoms with Crippen LogP contribution in [0.2, 0.25) is 0 Å². The van der Waals surface area contributed by atoms with Gasteiger partial charge < -0.3 is 19.0 Å². The number of hydrogen-bond acceptors (Lipinski definition) is 7. The standard InChI is InChI=1S/C26H19F2N3O4S/c1-33-23-9-15(10-24(34-2)25(23)32)13-29-31-20(22-11-16-5-3-4-6-21(16)35-22)14-36-26(31)30-19-8-7-17(27)12-18(19)28/h3-14,32H,1-2H3. The highest BCUT2D eigenvalue weighted by molar-refractivity contribution is 7.07. The van der Waals surface area contributed by atoms with Crippen molar-refractivity contribution in [1.82, 2.24) is 4.68 Å². The van der Waals surface area contributed by atoms with Gasteiger partial charge in [0.1, 0.15) is 22.8 Å². The lowest BCUT2D eigenvalue weighted by Gasteiger charge is -2.09. The van der Waals surface area contributed by atoms with E-state index in [1.807, 2.05) is 30.3 Å². The number of rotatable bonds is 6. The van der Waals surface area contributed by atoms with Gasteiger partial charge in [-0.25, -0.2) is 18.4 Å². The number of benzene rings is 3. The molecule has 0 amide bonds. The maximum atomic E-state index is 14.3. The highest BCUT2D eigenvalue weighted by Gasteiger charge is 2.15. The Balaban J connectivity index is 1.67. The van der Waals surface area contributed by atoms with Gasteiger partial charge >= 0.3 is 0 Å². The molecule has 0 atom stereocenters. The minimum atomic E-state index is -0.794. The summed E-state index contributed by atoms with van der Waals surface area (Å²) in [6.45, 7) is 0. The van der Waals surface area contributed by atoms with Gasteiger partial charge in [0, 0.05) is 22.4 Å². The van der Waals surface area contributed by atoms with Crippen LogP contribution in [0.15, 0.2) is 80.6 Å². The molecule has 0 aliphatic rings. The van der Waals surface area contributed by atoms with Gasteiger partial charge in [0.2, 0.25) is 10.6 Å². The van der Waals surface area contributed by atoms with Crippen molar-refractivity contribution in [2.75, 3.05) is 14.2 Å². The number of furan rings is 1. The molecule has 0 fully saturated rings. The summed E-state index contributed by atoms with van der Waals surface area (Å²) < 4.78 is 45.7. The van der Waals surface area contributed by atoms with Gasteiger partial charge in [-0.05, 0) is 36.4 Å². The van der Waals surface area contributed by atoms with E-state index < -0.39 is 11.6 Å². The second-order valence-electron chi connectivity index (χ2n) is 7.59. The molecule has 182 valence electrons. The molecule has 0 radical (unpaired) electrons. The largest absolute Gasteiger partial charge is 0.502 e. The van der Waals surface area contributed by atoms with E-state index in [0.717, 1.165) is 17.5 Å². The minimum Gasteiger partial charge on any atom is -0.502 e. The molecule has 0 unspecified atom stereocenters. The van der Waals surface area contributed by atoms with E-state index in [-0.39, 0.29) is 22.9 Å². The predicted molar refractivity (Wildman–Crippen MR) is 133 cm³/mol. The molecule has 2 heterocycles. The van der Waals surface area contributed by atoms with Crippen molar-refractivity contribution in [2.24, 2.45) is 10.1 Å². The lowest BCUT2D eigenvalue weighted by molar-refractivity contribution is 0.340. The van der Waals surface area contributed by atoms with Gasteiger partial charge in [-0.3, -0.25) is 0 Å². The van der Waals surface area contributed by atoms with Crippen LogP contribution in [0.25, 0.3) is 22.4 Å². The summed E-state index contributed by atoms with van der Waals surface area (Å²) in [5, 5.41) is 17.5. The number of phenolic OH excluding ortho intramolecular Hbond substituents is 1. The summed E-state index contributed by atoms with van der Waals surface area (Å²) in [6, 6.07) is 15.8. The van der Waals surface area contributed by atoms with Crippen LogP contribution < -0.4 is 14.3 Å². The first-order valence-electron chi connectivity index (χ1n) is 10.7. The number of phenols is 1. The monoisotopic (exact) mass is 507 g/mol. The second kappa shape index (κ2) is 9.67. The SMILES string of the molecule is COc1cc(C=Nn2c(-c3cc4ccccc4o3)csc2=Nc2ccc(F)cc2F)cc(OC)c1O. The molecular weight excluding hydrogens is 488 g/mol. The van der Waals surface area contributed by atoms with Gasteiger partial charge in [0.15, 0.2) is 23.1 Å². The Morgan fingerprint density at radius 2 is 1.75 bits per heavy atom. The maximum Gasteiger partial charge on any atom is 0.211 e. The highest BCUT2D eigenvalue weighted by atomic mass is 32.1. The topological polar surface area (TPSA) is 81.5 Å². The van der Waals surface area contributed by atoms with E-state index in [0.29, 0.717) is 27.4 Å². The van der Waals surface area contributed by atoms with Crippen LogP contribution in [-0.4, -0.2) is 30.2 Å². The van der Waals surface area contributed by atoms with Crippen molar-refractivity contribution in [3.8, 4) is 28.7 Å². The molecule has 0 aliphatic carbocycles. The normalized spacial score (nSPS) is 12.1. The molecule has 5 aromatic rings. The zero-order valence-corrected chi connectivity index (χ0v) is 19.9. The van der Waals surface area contributed by atoms with Crippen LogP contribution in [0.4, 0.5) is 14.5 Å². The summed E-state index contributed by atoms with van der Waals surface area (Å²) in [7, 11) is 2.86. The van der Waals surface area contributed by atoms with E-state index in [4.69, 9.17) is 13.9 Å². The summed E-state index contributed by atoms with van der Waals surface area (Å²) in [5.41, 5.74) is 1.80. The average Bonchev–Trinajstić information content (AvgIpc) is 3.48. The van der Waals surface area contributed by atoms with Crippen molar-refractivity contribution in [3.05, 3.63) is 88.0 Å². The third-order valence-corrected chi connectivity index (χ3v) is 6.13. The number of halogens is 2. The zero-order chi connectivity index (χ0) is 25.2. The number of methoxy groups -OCH3 is 2. The first kappa shape index (κ1) is 23.3. The summed E-state index contributed by atoms with van der Waals surface area (Å²) in [5.74, 6) is -0.667. The van der Waals surface area contributed by atoms with Crippen LogP contribution >= 0.6 is 11.3 Å². The Morgan fingerprint density at radius 1 is 1.00 bits per heavy atom. The molecule has 0 spiro atoms. The first-order valence-corrected chi connectivity index (χ1v) is 11.5. The number of para-hydroxylation sites is 1. The molecule has 5 rings (SSSR count). The van der Waals surface area contributed by atoms with Gasteiger partial charge in [0.05, 0.1) is 20.4 Å². The average molecular weight is 508 g/mol. The van der Waals surface area contributed by atoms with E-state index in [9.17, 15) is 13.9 Å². The Kier molecular flexibility index (Phi) is 6.26. The number of ether oxygens (including phenoxy) is 2. The van der Waals surface area contributed by atoms with E-state index in [1.54, 1.807) is 17.5 Å². The summed E-state index contributed by atoms with van der Waals surface area (Å²) >= 11 is 1.21. The molecule has 1 N–H and O–H groups in total. The second-order valence-corrected chi connectivity index (χ2v) is 8.43. The Hall–Kier alpha value is -4.44. The van der Waals surface area contributed by atoms with Crippen LogP contribution in [-0.2, 0) is 0 Å². The molecule has 10 heteroatoms. The molecule has 3 aromatic carbocycles. The van der Waals surface area contributed by atoms with Gasteiger partial charge in [0.25, 0.3) is 0 Å². The van der Waals surface area contributed by atoms with Crippen molar-refractivity contribution in [2.45, 2.75) is 0 Å². The smallest absolute Gasteiger partial charge is 0.211 e. The van der Waals surface area contributed by atoms with Crippen molar-refractivity contribution >= 4 is 34.2 Å². The van der Waals surface area contributed by atoms with E-state index in [1.165, 1.54) is 42.5 Å². The first-order chi connectivity index (χ1) is 17.5. The fourth-order valence-electron chi connectivity index (χ4n) is 3.55. The number of thiazole rings is 1. The molecule has 0 saturated carbocycles. The van der Waals surface area contributed by atoms with Crippen LogP contribution in [0.1, 0.15) is 5.56 Å². The number of aromatic nitrogens is 1. The van der Waals surface area contributed by atoms with Gasteiger partial charge in [-0.15, -0.1) is 11.3 Å². The van der Waals surface area contributed by atoms with Crippen LogP contribution in [0.3, 0.4) is 0 Å². The lowest BCUT2D eigenvalue weighted by Crippen LogP contribution is -2.11. The Morgan fingerprint density at radius 3 is 2.44 bits per heavy atom. The third kappa shape index (κ3) is 4.46. The summed E-state index contributed by atoms with van der Waals surface area (Å²) in [4.78, 5) is 4.69. The molecule has 7 nitrogen and oxygen atoms in total. The quantitative estimate of drug-likeness (QED) is 0.283. The lowest BCUT2D eigenvalue weighted by atomic mass is 10.2. The molecule has 36 heavy (non-hydrogen) atoms. The van der Waals surface area contributed by atoms with Gasteiger partial charge in [-0.1, -0.05) is 18.2 Å². The van der Waals surface area contributed by atoms with E-state index >= 15 is 0 Å². The summed E-state index contributed by atoms with van der Waals surface area (Å²) in [6.07, 6.45) is 1.52. The predicted octanol–water partition coefficient (Wildman–Crippen LogP) is 6.08. The molecule has 0 bridgehead atoms. The van der Waals surface area contributed by atoms with Crippen LogP contribution in [0.5, 0.6) is 17.2 Å².